The maximum atomic E-state index is 13.3. The standard InChI is InChI=1S/C18H23N3O4S/c1-24-12-25-11-20-9-5-13-14(17(20)22)3-2-4-15(13)26(23)21-10-6-16(19)18(21)7-8-18/h2-5,9,16H,6-8,10-12,19H2,1H3. The van der Waals surface area contributed by atoms with Gasteiger partial charge in [0.25, 0.3) is 5.56 Å². The molecule has 2 fully saturated rings. The molecule has 140 valence electrons. The first-order valence-corrected chi connectivity index (χ1v) is 9.83. The Hall–Kier alpha value is -1.42. The van der Waals surface area contributed by atoms with E-state index in [1.54, 1.807) is 18.3 Å². The third-order valence-electron chi connectivity index (χ3n) is 5.39. The zero-order valence-electron chi connectivity index (χ0n) is 14.7. The van der Waals surface area contributed by atoms with Gasteiger partial charge in [0, 0.05) is 31.3 Å². The van der Waals surface area contributed by atoms with Crippen molar-refractivity contribution in [3.8, 4) is 0 Å². The summed E-state index contributed by atoms with van der Waals surface area (Å²) in [6, 6.07) is 7.29. The summed E-state index contributed by atoms with van der Waals surface area (Å²) in [5.74, 6) is 0. The molecule has 0 bridgehead atoms. The fraction of sp³-hybridized carbons (Fsp3) is 0.500. The van der Waals surface area contributed by atoms with E-state index in [-0.39, 0.29) is 30.7 Å². The predicted molar refractivity (Wildman–Crippen MR) is 98.8 cm³/mol. The van der Waals surface area contributed by atoms with Crippen molar-refractivity contribution in [2.45, 2.75) is 42.5 Å². The molecule has 2 atom stereocenters. The van der Waals surface area contributed by atoms with Gasteiger partial charge in [-0.3, -0.25) is 9.36 Å². The van der Waals surface area contributed by atoms with Crippen molar-refractivity contribution in [3.63, 3.8) is 0 Å². The Morgan fingerprint density at radius 1 is 1.35 bits per heavy atom. The van der Waals surface area contributed by atoms with Gasteiger partial charge in [-0.2, -0.15) is 0 Å². The SMILES string of the molecule is COCOCn1ccc2c([S+]([O-])N3CCC(N)C34CC4)cccc2c1=O. The van der Waals surface area contributed by atoms with Crippen LogP contribution in [-0.2, 0) is 27.6 Å². The summed E-state index contributed by atoms with van der Waals surface area (Å²) in [7, 11) is 1.53. The van der Waals surface area contributed by atoms with E-state index in [2.05, 4.69) is 0 Å². The first-order valence-electron chi connectivity index (χ1n) is 8.72. The summed E-state index contributed by atoms with van der Waals surface area (Å²) < 4.78 is 26.9. The van der Waals surface area contributed by atoms with Crippen LogP contribution in [-0.4, -0.2) is 45.5 Å². The van der Waals surface area contributed by atoms with E-state index in [9.17, 15) is 9.35 Å². The molecule has 0 amide bonds. The number of hydrogen-bond donors (Lipinski definition) is 1. The minimum atomic E-state index is -1.33. The summed E-state index contributed by atoms with van der Waals surface area (Å²) in [5, 5.41) is 1.25. The number of methoxy groups -OCH3 is 1. The molecule has 1 aliphatic heterocycles. The molecular weight excluding hydrogens is 354 g/mol. The van der Waals surface area contributed by atoms with Crippen LogP contribution in [0.4, 0.5) is 0 Å². The fourth-order valence-electron chi connectivity index (χ4n) is 3.81. The van der Waals surface area contributed by atoms with Crippen LogP contribution in [0.25, 0.3) is 10.8 Å². The molecule has 1 aliphatic carbocycles. The highest BCUT2D eigenvalue weighted by molar-refractivity contribution is 7.89. The molecule has 4 rings (SSSR count). The van der Waals surface area contributed by atoms with Gasteiger partial charge in [0.1, 0.15) is 13.5 Å². The van der Waals surface area contributed by atoms with Crippen LogP contribution in [0, 0.1) is 0 Å². The number of nitrogens with zero attached hydrogens (tertiary/aromatic N) is 2. The minimum absolute atomic E-state index is 0.0802. The lowest BCUT2D eigenvalue weighted by Gasteiger charge is -2.27. The number of aromatic nitrogens is 1. The van der Waals surface area contributed by atoms with Crippen molar-refractivity contribution in [3.05, 3.63) is 40.8 Å². The third kappa shape index (κ3) is 2.87. The van der Waals surface area contributed by atoms with E-state index < -0.39 is 11.4 Å². The Bertz CT molecular complexity index is 867. The Balaban J connectivity index is 1.68. The van der Waals surface area contributed by atoms with Gasteiger partial charge in [0.2, 0.25) is 0 Å². The van der Waals surface area contributed by atoms with Gasteiger partial charge in [-0.15, -0.1) is 4.31 Å². The second-order valence-electron chi connectivity index (χ2n) is 6.90. The lowest BCUT2D eigenvalue weighted by atomic mass is 10.1. The molecule has 2 aliphatic rings. The van der Waals surface area contributed by atoms with Crippen LogP contribution in [0.1, 0.15) is 19.3 Å². The molecule has 1 spiro atoms. The molecule has 8 heteroatoms. The molecule has 2 unspecified atom stereocenters. The second-order valence-corrected chi connectivity index (χ2v) is 8.28. The molecular formula is C18H23N3O4S. The average molecular weight is 377 g/mol. The molecule has 7 nitrogen and oxygen atoms in total. The predicted octanol–water partition coefficient (Wildman–Crippen LogP) is 1.17. The first-order chi connectivity index (χ1) is 12.6. The molecule has 26 heavy (non-hydrogen) atoms. The number of fused-ring (bicyclic) bond motifs is 1. The second kappa shape index (κ2) is 6.95. The Morgan fingerprint density at radius 3 is 2.88 bits per heavy atom. The number of benzene rings is 1. The summed E-state index contributed by atoms with van der Waals surface area (Å²) in [5.41, 5.74) is 5.96. The normalized spacial score (nSPS) is 23.0. The highest BCUT2D eigenvalue weighted by atomic mass is 32.2. The largest absolute Gasteiger partial charge is 0.593 e. The molecule has 2 aromatic rings. The molecule has 1 aromatic carbocycles. The summed E-state index contributed by atoms with van der Waals surface area (Å²) >= 11 is -1.33. The number of pyridine rings is 1. The lowest BCUT2D eigenvalue weighted by Crippen LogP contribution is -2.44. The average Bonchev–Trinajstić information content (AvgIpc) is 3.38. The quantitative estimate of drug-likeness (QED) is 0.461. The van der Waals surface area contributed by atoms with Gasteiger partial charge in [0.05, 0.1) is 22.3 Å². The number of rotatable bonds is 6. The van der Waals surface area contributed by atoms with Gasteiger partial charge in [-0.1, -0.05) is 6.07 Å². The molecule has 1 saturated carbocycles. The van der Waals surface area contributed by atoms with Crippen LogP contribution >= 0.6 is 0 Å². The number of nitrogens with two attached hydrogens (primary N) is 1. The van der Waals surface area contributed by atoms with Crippen molar-refractivity contribution < 1.29 is 14.0 Å². The Morgan fingerprint density at radius 2 is 2.15 bits per heavy atom. The number of hydrogen-bond acceptors (Lipinski definition) is 6. The van der Waals surface area contributed by atoms with Gasteiger partial charge < -0.3 is 19.8 Å². The lowest BCUT2D eigenvalue weighted by molar-refractivity contribution is -0.0600. The molecule has 0 radical (unpaired) electrons. The van der Waals surface area contributed by atoms with Crippen molar-refractivity contribution in [2.75, 3.05) is 20.4 Å². The van der Waals surface area contributed by atoms with E-state index in [4.69, 9.17) is 15.2 Å². The van der Waals surface area contributed by atoms with Crippen molar-refractivity contribution in [1.29, 1.82) is 0 Å². The summed E-state index contributed by atoms with van der Waals surface area (Å²) in [6.07, 6.45) is 4.52. The first kappa shape index (κ1) is 18.0. The third-order valence-corrected chi connectivity index (χ3v) is 7.07. The van der Waals surface area contributed by atoms with Gasteiger partial charge >= 0.3 is 0 Å². The van der Waals surface area contributed by atoms with E-state index >= 15 is 0 Å². The topological polar surface area (TPSA) is 92.8 Å². The van der Waals surface area contributed by atoms with Crippen molar-refractivity contribution in [1.82, 2.24) is 8.87 Å². The van der Waals surface area contributed by atoms with E-state index in [0.29, 0.717) is 10.3 Å². The Kier molecular flexibility index (Phi) is 4.81. The highest BCUT2D eigenvalue weighted by Gasteiger charge is 2.61. The van der Waals surface area contributed by atoms with Crippen LogP contribution < -0.4 is 11.3 Å². The highest BCUT2D eigenvalue weighted by Crippen LogP contribution is 2.51. The van der Waals surface area contributed by atoms with Crippen LogP contribution in [0.5, 0.6) is 0 Å². The van der Waals surface area contributed by atoms with E-state index in [0.717, 1.165) is 31.2 Å². The van der Waals surface area contributed by atoms with Crippen LogP contribution in [0.3, 0.4) is 0 Å². The van der Waals surface area contributed by atoms with E-state index in [1.807, 2.05) is 16.4 Å². The molecule has 1 saturated heterocycles. The minimum Gasteiger partial charge on any atom is -0.593 e. The van der Waals surface area contributed by atoms with Crippen LogP contribution in [0.15, 0.2) is 40.2 Å². The fourth-order valence-corrected chi connectivity index (χ4v) is 5.53. The zero-order valence-corrected chi connectivity index (χ0v) is 15.5. The summed E-state index contributed by atoms with van der Waals surface area (Å²) in [4.78, 5) is 13.4. The van der Waals surface area contributed by atoms with Crippen LogP contribution in [0.2, 0.25) is 0 Å². The van der Waals surface area contributed by atoms with E-state index in [1.165, 1.54) is 11.7 Å². The molecule has 2 N–H and O–H groups in total. The van der Waals surface area contributed by atoms with Gasteiger partial charge in [0.15, 0.2) is 4.90 Å². The maximum absolute atomic E-state index is 13.3. The van der Waals surface area contributed by atoms with Crippen molar-refractivity contribution >= 4 is 22.1 Å². The summed E-state index contributed by atoms with van der Waals surface area (Å²) in [6.45, 7) is 0.956. The molecule has 2 heterocycles. The van der Waals surface area contributed by atoms with Gasteiger partial charge in [-0.25, -0.2) is 0 Å². The van der Waals surface area contributed by atoms with Gasteiger partial charge in [-0.05, 0) is 37.5 Å². The monoisotopic (exact) mass is 377 g/mol. The van der Waals surface area contributed by atoms with Crippen molar-refractivity contribution in [2.24, 2.45) is 5.73 Å². The zero-order chi connectivity index (χ0) is 18.3. The molecule has 1 aromatic heterocycles. The number of ether oxygens (including phenoxy) is 2. The maximum Gasteiger partial charge on any atom is 0.260 e. The smallest absolute Gasteiger partial charge is 0.260 e. The Labute approximate surface area is 155 Å².